The molecule has 1 N–H and O–H groups in total. The summed E-state index contributed by atoms with van der Waals surface area (Å²) in [5, 5.41) is 3.59. The van der Waals surface area contributed by atoms with Gasteiger partial charge in [0, 0.05) is 44.5 Å². The second-order valence-corrected chi connectivity index (χ2v) is 5.97. The van der Waals surface area contributed by atoms with Crippen LogP contribution in [0.5, 0.6) is 0 Å². The number of pyridine rings is 1. The van der Waals surface area contributed by atoms with Crippen molar-refractivity contribution in [2.24, 2.45) is 0 Å². The number of carbonyl (C=O) groups excluding carboxylic acids is 2. The minimum absolute atomic E-state index is 0.141. The molecule has 2 amide bonds. The second-order valence-electron chi connectivity index (χ2n) is 5.15. The number of nitrogens with one attached hydrogen (secondary N) is 1. The molecule has 0 aliphatic rings. The molecule has 0 atom stereocenters. The molecule has 2 rings (SSSR count). The van der Waals surface area contributed by atoms with Crippen LogP contribution in [0.25, 0.3) is 0 Å². The average Bonchev–Trinajstić information content (AvgIpc) is 2.57. The molecule has 1 heterocycles. The van der Waals surface area contributed by atoms with Crippen LogP contribution in [0.1, 0.15) is 18.9 Å². The third-order valence-corrected chi connectivity index (χ3v) is 4.14. The summed E-state index contributed by atoms with van der Waals surface area (Å²) in [5.74, 6) is -0.312. The van der Waals surface area contributed by atoms with E-state index in [2.05, 4.69) is 10.3 Å². The van der Waals surface area contributed by atoms with Crippen LogP contribution in [-0.4, -0.2) is 23.3 Å². The summed E-state index contributed by atoms with van der Waals surface area (Å²) < 4.78 is 0. The Kier molecular flexibility index (Phi) is 6.58. The normalized spacial score (nSPS) is 10.3. The van der Waals surface area contributed by atoms with E-state index in [1.165, 1.54) is 11.8 Å². The zero-order chi connectivity index (χ0) is 17.5. The first kappa shape index (κ1) is 18.2. The summed E-state index contributed by atoms with van der Waals surface area (Å²) >= 11 is 11.9. The molecule has 7 heteroatoms. The van der Waals surface area contributed by atoms with Crippen LogP contribution < -0.4 is 10.2 Å². The van der Waals surface area contributed by atoms with Gasteiger partial charge in [-0.3, -0.25) is 14.6 Å². The third kappa shape index (κ3) is 5.22. The first-order valence-electron chi connectivity index (χ1n) is 7.36. The summed E-state index contributed by atoms with van der Waals surface area (Å²) in [4.78, 5) is 29.2. The van der Waals surface area contributed by atoms with Gasteiger partial charge in [0.15, 0.2) is 0 Å². The molecule has 5 nitrogen and oxygen atoms in total. The van der Waals surface area contributed by atoms with Crippen LogP contribution in [0.2, 0.25) is 10.0 Å². The molecule has 0 aliphatic carbocycles. The lowest BCUT2D eigenvalue weighted by atomic mass is 10.2. The Labute approximate surface area is 150 Å². The van der Waals surface area contributed by atoms with E-state index in [1.54, 1.807) is 30.6 Å². The SMILES string of the molecule is CC(=O)N(CCC(=O)NCc1ccncc1)c1ccc(Cl)c(Cl)c1. The number of nitrogens with zero attached hydrogens (tertiary/aromatic N) is 2. The largest absolute Gasteiger partial charge is 0.352 e. The van der Waals surface area contributed by atoms with Crippen molar-refractivity contribution in [3.8, 4) is 0 Å². The zero-order valence-corrected chi connectivity index (χ0v) is 14.6. The van der Waals surface area contributed by atoms with Gasteiger partial charge in [-0.2, -0.15) is 0 Å². The summed E-state index contributed by atoms with van der Waals surface area (Å²) in [6.45, 7) is 2.13. The summed E-state index contributed by atoms with van der Waals surface area (Å²) in [6.07, 6.45) is 3.53. The Morgan fingerprint density at radius 1 is 1.12 bits per heavy atom. The fourth-order valence-electron chi connectivity index (χ4n) is 2.12. The van der Waals surface area contributed by atoms with Crippen molar-refractivity contribution in [1.82, 2.24) is 10.3 Å². The van der Waals surface area contributed by atoms with Crippen molar-refractivity contribution in [1.29, 1.82) is 0 Å². The number of rotatable bonds is 6. The minimum atomic E-state index is -0.171. The highest BCUT2D eigenvalue weighted by Gasteiger charge is 2.14. The Bertz CT molecular complexity index is 723. The van der Waals surface area contributed by atoms with Crippen LogP contribution in [0.4, 0.5) is 5.69 Å². The lowest BCUT2D eigenvalue weighted by Crippen LogP contribution is -2.33. The molecular formula is C17H17Cl2N3O2. The maximum absolute atomic E-state index is 12.0. The molecule has 0 spiro atoms. The maximum Gasteiger partial charge on any atom is 0.223 e. The third-order valence-electron chi connectivity index (χ3n) is 3.40. The molecule has 2 aromatic rings. The van der Waals surface area contributed by atoms with E-state index in [-0.39, 0.29) is 24.8 Å². The molecule has 0 bridgehead atoms. The van der Waals surface area contributed by atoms with Crippen LogP contribution >= 0.6 is 23.2 Å². The van der Waals surface area contributed by atoms with E-state index in [1.807, 2.05) is 12.1 Å². The zero-order valence-electron chi connectivity index (χ0n) is 13.1. The molecular weight excluding hydrogens is 349 g/mol. The monoisotopic (exact) mass is 365 g/mol. The van der Waals surface area contributed by atoms with Crippen molar-refractivity contribution in [3.05, 3.63) is 58.3 Å². The molecule has 0 saturated heterocycles. The van der Waals surface area contributed by atoms with E-state index in [0.717, 1.165) is 5.56 Å². The smallest absolute Gasteiger partial charge is 0.223 e. The molecule has 0 saturated carbocycles. The predicted octanol–water partition coefficient (Wildman–Crippen LogP) is 3.45. The van der Waals surface area contributed by atoms with Crippen LogP contribution in [0.15, 0.2) is 42.7 Å². The van der Waals surface area contributed by atoms with Gasteiger partial charge in [-0.1, -0.05) is 23.2 Å². The number of aromatic nitrogens is 1. The van der Waals surface area contributed by atoms with Gasteiger partial charge in [0.25, 0.3) is 0 Å². The van der Waals surface area contributed by atoms with E-state index in [9.17, 15) is 9.59 Å². The molecule has 0 fully saturated rings. The highest BCUT2D eigenvalue weighted by molar-refractivity contribution is 6.42. The quantitative estimate of drug-likeness (QED) is 0.852. The molecule has 0 aliphatic heterocycles. The van der Waals surface area contributed by atoms with Crippen molar-refractivity contribution >= 4 is 40.7 Å². The van der Waals surface area contributed by atoms with Gasteiger partial charge in [-0.25, -0.2) is 0 Å². The fourth-order valence-corrected chi connectivity index (χ4v) is 2.42. The lowest BCUT2D eigenvalue weighted by Gasteiger charge is -2.21. The molecule has 1 aromatic heterocycles. The lowest BCUT2D eigenvalue weighted by molar-refractivity contribution is -0.121. The van der Waals surface area contributed by atoms with Crippen molar-refractivity contribution in [3.63, 3.8) is 0 Å². The second kappa shape index (κ2) is 8.66. The number of amides is 2. The van der Waals surface area contributed by atoms with Gasteiger partial charge >= 0.3 is 0 Å². The number of benzene rings is 1. The Morgan fingerprint density at radius 3 is 2.46 bits per heavy atom. The van der Waals surface area contributed by atoms with Crippen LogP contribution in [0.3, 0.4) is 0 Å². The molecule has 126 valence electrons. The topological polar surface area (TPSA) is 62.3 Å². The Morgan fingerprint density at radius 2 is 1.83 bits per heavy atom. The number of halogens is 2. The Hall–Kier alpha value is -2.11. The minimum Gasteiger partial charge on any atom is -0.352 e. The first-order chi connectivity index (χ1) is 11.5. The molecule has 1 aromatic carbocycles. The number of hydrogen-bond acceptors (Lipinski definition) is 3. The first-order valence-corrected chi connectivity index (χ1v) is 8.11. The Balaban J connectivity index is 1.92. The van der Waals surface area contributed by atoms with Crippen molar-refractivity contribution in [2.45, 2.75) is 19.9 Å². The molecule has 24 heavy (non-hydrogen) atoms. The van der Waals surface area contributed by atoms with Crippen molar-refractivity contribution < 1.29 is 9.59 Å². The summed E-state index contributed by atoms with van der Waals surface area (Å²) in [6, 6.07) is 8.60. The van der Waals surface area contributed by atoms with Crippen LogP contribution in [-0.2, 0) is 16.1 Å². The number of anilines is 1. The standard InChI is InChI=1S/C17H17Cl2N3O2/c1-12(23)22(14-2-3-15(18)16(19)10-14)9-6-17(24)21-11-13-4-7-20-8-5-13/h2-5,7-8,10H,6,9,11H2,1H3,(H,21,24). The van der Waals surface area contributed by atoms with Gasteiger partial charge in [-0.05, 0) is 35.9 Å². The summed E-state index contributed by atoms with van der Waals surface area (Å²) in [7, 11) is 0. The highest BCUT2D eigenvalue weighted by atomic mass is 35.5. The maximum atomic E-state index is 12.0. The van der Waals surface area contributed by atoms with E-state index >= 15 is 0 Å². The van der Waals surface area contributed by atoms with Gasteiger partial charge < -0.3 is 10.2 Å². The van der Waals surface area contributed by atoms with Crippen LogP contribution in [0, 0.1) is 0 Å². The molecule has 0 unspecified atom stereocenters. The van der Waals surface area contributed by atoms with Gasteiger partial charge in [0.1, 0.15) is 0 Å². The van der Waals surface area contributed by atoms with E-state index in [4.69, 9.17) is 23.2 Å². The van der Waals surface area contributed by atoms with E-state index in [0.29, 0.717) is 22.3 Å². The number of carbonyl (C=O) groups is 2. The van der Waals surface area contributed by atoms with Gasteiger partial charge in [0.2, 0.25) is 11.8 Å². The summed E-state index contributed by atoms with van der Waals surface area (Å²) in [5.41, 5.74) is 1.57. The fraction of sp³-hybridized carbons (Fsp3) is 0.235. The molecule has 0 radical (unpaired) electrons. The predicted molar refractivity (Wildman–Crippen MR) is 95.2 cm³/mol. The van der Waals surface area contributed by atoms with E-state index < -0.39 is 0 Å². The number of hydrogen-bond donors (Lipinski definition) is 1. The highest BCUT2D eigenvalue weighted by Crippen LogP contribution is 2.27. The van der Waals surface area contributed by atoms with Gasteiger partial charge in [-0.15, -0.1) is 0 Å². The average molecular weight is 366 g/mol. The van der Waals surface area contributed by atoms with Crippen molar-refractivity contribution in [2.75, 3.05) is 11.4 Å². The van der Waals surface area contributed by atoms with Gasteiger partial charge in [0.05, 0.1) is 10.0 Å².